The van der Waals surface area contributed by atoms with Crippen LogP contribution in [0.4, 0.5) is 0 Å². The number of amides is 1. The zero-order valence-electron chi connectivity index (χ0n) is 20.8. The quantitative estimate of drug-likeness (QED) is 0.233. The Labute approximate surface area is 207 Å². The molecule has 0 saturated carbocycles. The average Bonchev–Trinajstić information content (AvgIpc) is 3.51. The number of aryl methyl sites for hydroxylation is 4. The maximum Gasteiger partial charge on any atom is 0.286 e. The summed E-state index contributed by atoms with van der Waals surface area (Å²) in [5, 5.41) is 2.91. The summed E-state index contributed by atoms with van der Waals surface area (Å²) in [6, 6.07) is 18.1. The average molecular weight is 474 g/mol. The van der Waals surface area contributed by atoms with E-state index in [-0.39, 0.29) is 5.91 Å². The Balaban J connectivity index is 1.23. The third-order valence-corrected chi connectivity index (χ3v) is 6.21. The van der Waals surface area contributed by atoms with Crippen molar-refractivity contribution in [2.24, 2.45) is 0 Å². The first kappa shape index (κ1) is 24.6. The van der Waals surface area contributed by atoms with Crippen molar-refractivity contribution in [2.75, 3.05) is 13.2 Å². The number of carbonyl (C=O) groups is 1. The number of fused-ring (bicyclic) bond motifs is 1. The van der Waals surface area contributed by atoms with E-state index in [1.807, 2.05) is 6.07 Å². The van der Waals surface area contributed by atoms with Crippen LogP contribution in [0.25, 0.3) is 11.0 Å². The summed E-state index contributed by atoms with van der Waals surface area (Å²) < 4.78 is 13.5. The number of nitrogens with one attached hydrogen (secondary N) is 1. The van der Waals surface area contributed by atoms with Crippen LogP contribution in [-0.4, -0.2) is 28.6 Å². The lowest BCUT2D eigenvalue weighted by Crippen LogP contribution is -2.23. The van der Waals surface area contributed by atoms with Crippen molar-refractivity contribution >= 4 is 16.9 Å². The van der Waals surface area contributed by atoms with Gasteiger partial charge in [-0.3, -0.25) is 4.79 Å². The first-order valence-corrected chi connectivity index (χ1v) is 12.6. The largest absolute Gasteiger partial charge is 0.493 e. The highest BCUT2D eigenvalue weighted by Gasteiger charge is 2.11. The van der Waals surface area contributed by atoms with Gasteiger partial charge in [-0.2, -0.15) is 0 Å². The molecule has 0 spiro atoms. The molecule has 0 saturated heterocycles. The van der Waals surface area contributed by atoms with Crippen molar-refractivity contribution in [3.63, 3.8) is 0 Å². The molecule has 0 fully saturated rings. The molecule has 2 aromatic carbocycles. The lowest BCUT2D eigenvalue weighted by atomic mass is 10.1. The fourth-order valence-corrected chi connectivity index (χ4v) is 4.36. The van der Waals surface area contributed by atoms with E-state index in [1.165, 1.54) is 22.9 Å². The number of carbonyl (C=O) groups excluding carboxylic acids is 1. The highest BCUT2D eigenvalue weighted by Crippen LogP contribution is 2.21. The molecule has 6 nitrogen and oxygen atoms in total. The fourth-order valence-electron chi connectivity index (χ4n) is 4.36. The van der Waals surface area contributed by atoms with Crippen molar-refractivity contribution in [1.82, 2.24) is 14.9 Å². The topological polar surface area (TPSA) is 69.3 Å². The van der Waals surface area contributed by atoms with Crippen LogP contribution in [0.3, 0.4) is 0 Å². The predicted octanol–water partition coefficient (Wildman–Crippen LogP) is 6.25. The van der Waals surface area contributed by atoms with Crippen LogP contribution < -0.4 is 10.1 Å². The zero-order valence-corrected chi connectivity index (χ0v) is 20.8. The Morgan fingerprint density at radius 3 is 2.71 bits per heavy atom. The molecule has 0 aliphatic carbocycles. The first-order chi connectivity index (χ1) is 17.1. The van der Waals surface area contributed by atoms with E-state index in [0.29, 0.717) is 12.3 Å². The van der Waals surface area contributed by atoms with E-state index >= 15 is 0 Å². The summed E-state index contributed by atoms with van der Waals surface area (Å²) in [6.07, 6.45) is 7.48. The molecule has 0 unspecified atom stereocenters. The first-order valence-electron chi connectivity index (χ1n) is 12.6. The molecule has 2 heterocycles. The summed E-state index contributed by atoms with van der Waals surface area (Å²) in [7, 11) is 0. The van der Waals surface area contributed by atoms with Crippen LogP contribution in [0.15, 0.2) is 65.3 Å². The molecule has 0 aliphatic heterocycles. The van der Waals surface area contributed by atoms with Gasteiger partial charge in [0.05, 0.1) is 23.9 Å². The minimum atomic E-state index is -0.154. The van der Waals surface area contributed by atoms with Crippen molar-refractivity contribution < 1.29 is 13.9 Å². The van der Waals surface area contributed by atoms with E-state index in [2.05, 4.69) is 60.1 Å². The normalized spacial score (nSPS) is 11.1. The highest BCUT2D eigenvalue weighted by atomic mass is 16.5. The van der Waals surface area contributed by atoms with Gasteiger partial charge < -0.3 is 19.0 Å². The van der Waals surface area contributed by atoms with Gasteiger partial charge in [0.2, 0.25) is 0 Å². The number of imidazole rings is 1. The lowest BCUT2D eigenvalue weighted by Gasteiger charge is -2.12. The van der Waals surface area contributed by atoms with Gasteiger partial charge in [-0.25, -0.2) is 4.98 Å². The number of aromatic nitrogens is 2. The summed E-state index contributed by atoms with van der Waals surface area (Å²) in [5.74, 6) is 2.32. The molecule has 6 heteroatoms. The molecule has 4 rings (SSSR count). The summed E-state index contributed by atoms with van der Waals surface area (Å²) in [4.78, 5) is 16.8. The predicted molar refractivity (Wildman–Crippen MR) is 139 cm³/mol. The van der Waals surface area contributed by atoms with E-state index in [0.717, 1.165) is 68.8 Å². The minimum Gasteiger partial charge on any atom is -0.493 e. The SMILES string of the molecule is Cc1ccc(OCCCCn2c(CCCCCNC(=O)c3ccco3)nc3ccccc32)c(C)c1. The molecule has 0 bridgehead atoms. The molecular weight excluding hydrogens is 438 g/mol. The molecular formula is C29H35N3O3. The van der Waals surface area contributed by atoms with Gasteiger partial charge in [0.15, 0.2) is 5.76 Å². The second-order valence-electron chi connectivity index (χ2n) is 9.04. The third kappa shape index (κ3) is 6.75. The second-order valence-corrected chi connectivity index (χ2v) is 9.04. The van der Waals surface area contributed by atoms with Gasteiger partial charge in [0.25, 0.3) is 5.91 Å². The Morgan fingerprint density at radius 2 is 1.89 bits per heavy atom. The maximum absolute atomic E-state index is 11.9. The van der Waals surface area contributed by atoms with Crippen molar-refractivity contribution in [1.29, 1.82) is 0 Å². The standard InChI is InChI=1S/C29H35N3O3/c1-22-15-16-26(23(2)21-22)34-19-9-8-18-32-25-12-6-5-11-24(25)31-28(32)14-4-3-7-17-30-29(33)27-13-10-20-35-27/h5-6,10-13,15-16,20-21H,3-4,7-9,14,17-19H2,1-2H3,(H,30,33). The van der Waals surface area contributed by atoms with Gasteiger partial charge in [-0.15, -0.1) is 0 Å². The summed E-state index contributed by atoms with van der Waals surface area (Å²) in [6.45, 7) is 6.50. The minimum absolute atomic E-state index is 0.154. The zero-order chi connectivity index (χ0) is 24.5. The van der Waals surface area contributed by atoms with Crippen LogP contribution in [0.2, 0.25) is 0 Å². The smallest absolute Gasteiger partial charge is 0.286 e. The number of furan rings is 1. The van der Waals surface area contributed by atoms with Crippen LogP contribution in [0, 0.1) is 13.8 Å². The Kier molecular flexibility index (Phi) is 8.60. The molecule has 0 atom stereocenters. The number of nitrogens with zero attached hydrogens (tertiary/aromatic N) is 2. The Morgan fingerprint density at radius 1 is 1.00 bits per heavy atom. The fraction of sp³-hybridized carbons (Fsp3) is 0.379. The molecule has 4 aromatic rings. The number of hydrogen-bond acceptors (Lipinski definition) is 4. The van der Waals surface area contributed by atoms with E-state index in [1.54, 1.807) is 12.1 Å². The number of hydrogen-bond donors (Lipinski definition) is 1. The molecule has 1 N–H and O–H groups in total. The number of unbranched alkanes of at least 4 members (excludes halogenated alkanes) is 3. The van der Waals surface area contributed by atoms with Crippen LogP contribution in [0.1, 0.15) is 59.6 Å². The van der Waals surface area contributed by atoms with E-state index in [4.69, 9.17) is 14.1 Å². The number of benzene rings is 2. The van der Waals surface area contributed by atoms with Gasteiger partial charge in [0.1, 0.15) is 11.6 Å². The number of rotatable bonds is 13. The number of ether oxygens (including phenoxy) is 1. The van der Waals surface area contributed by atoms with E-state index < -0.39 is 0 Å². The molecule has 35 heavy (non-hydrogen) atoms. The van der Waals surface area contributed by atoms with Gasteiger partial charge in [-0.05, 0) is 75.4 Å². The molecule has 2 aromatic heterocycles. The van der Waals surface area contributed by atoms with Gasteiger partial charge in [-0.1, -0.05) is 36.2 Å². The molecule has 1 amide bonds. The van der Waals surface area contributed by atoms with Gasteiger partial charge in [0, 0.05) is 19.5 Å². The van der Waals surface area contributed by atoms with Gasteiger partial charge >= 0.3 is 0 Å². The van der Waals surface area contributed by atoms with Crippen molar-refractivity contribution in [2.45, 2.75) is 58.9 Å². The highest BCUT2D eigenvalue weighted by molar-refractivity contribution is 5.91. The lowest BCUT2D eigenvalue weighted by molar-refractivity contribution is 0.0925. The molecule has 184 valence electrons. The molecule has 0 radical (unpaired) electrons. The Hall–Kier alpha value is -3.54. The second kappa shape index (κ2) is 12.2. The van der Waals surface area contributed by atoms with Crippen molar-refractivity contribution in [3.05, 3.63) is 83.6 Å². The summed E-state index contributed by atoms with van der Waals surface area (Å²) >= 11 is 0. The third-order valence-electron chi connectivity index (χ3n) is 6.21. The van der Waals surface area contributed by atoms with Crippen molar-refractivity contribution in [3.8, 4) is 5.75 Å². The van der Waals surface area contributed by atoms with Crippen LogP contribution in [0.5, 0.6) is 5.75 Å². The Bertz CT molecular complexity index is 1230. The number of para-hydroxylation sites is 2. The maximum atomic E-state index is 11.9. The summed E-state index contributed by atoms with van der Waals surface area (Å²) in [5.41, 5.74) is 4.70. The monoisotopic (exact) mass is 473 g/mol. The van der Waals surface area contributed by atoms with Crippen LogP contribution >= 0.6 is 0 Å². The molecule has 0 aliphatic rings. The van der Waals surface area contributed by atoms with Crippen LogP contribution in [-0.2, 0) is 13.0 Å². The van der Waals surface area contributed by atoms with E-state index in [9.17, 15) is 4.79 Å².